The first-order valence-electron chi connectivity index (χ1n) is 10.8. The van der Waals surface area contributed by atoms with Gasteiger partial charge >= 0.3 is 0 Å². The third-order valence-corrected chi connectivity index (χ3v) is 8.47. The van der Waals surface area contributed by atoms with Crippen molar-refractivity contribution in [2.24, 2.45) is 0 Å². The number of rotatable bonds is 5. The van der Waals surface area contributed by atoms with E-state index in [0.29, 0.717) is 24.0 Å². The molecule has 1 aliphatic rings. The number of thiophene rings is 1. The number of nitrogens with one attached hydrogen (secondary N) is 1. The van der Waals surface area contributed by atoms with Gasteiger partial charge in [-0.05, 0) is 54.6 Å². The van der Waals surface area contributed by atoms with Gasteiger partial charge in [-0.2, -0.15) is 0 Å². The van der Waals surface area contributed by atoms with E-state index in [9.17, 15) is 27.1 Å². The van der Waals surface area contributed by atoms with Crippen LogP contribution in [0.4, 0.5) is 14.5 Å². The van der Waals surface area contributed by atoms with Crippen molar-refractivity contribution in [3.8, 4) is 16.2 Å². The lowest BCUT2D eigenvalue weighted by atomic mass is 10.1. The molecule has 2 heterocycles. The number of phenolic OH excluding ortho intramolecular Hbond substituents is 1. The number of amides is 1. The highest BCUT2D eigenvalue weighted by molar-refractivity contribution is 7.92. The van der Waals surface area contributed by atoms with Crippen LogP contribution in [-0.4, -0.2) is 37.4 Å². The zero-order valence-corrected chi connectivity index (χ0v) is 20.1. The summed E-state index contributed by atoms with van der Waals surface area (Å²) >= 11 is 1.29. The van der Waals surface area contributed by atoms with Crippen molar-refractivity contribution in [1.29, 1.82) is 0 Å². The lowest BCUT2D eigenvalue weighted by Gasteiger charge is -2.31. The molecule has 2 N–H and O–H groups in total. The van der Waals surface area contributed by atoms with Crippen molar-refractivity contribution < 1.29 is 27.1 Å². The quantitative estimate of drug-likeness (QED) is 0.368. The minimum absolute atomic E-state index is 0.0346. The molecule has 1 aliphatic heterocycles. The standard InChI is InChI=1S/C25H20F2N2O4S2/c1-14-9-16(25(31)29-7-4-8-29)11-23(24(14)30)35(32,33)28-20-12-17(18(26)13-19(20)27)22-10-15-5-2-3-6-21(15)34-22/h2-3,5-6,9-13,28,30H,4,7-8H2,1H3. The van der Waals surface area contributed by atoms with Gasteiger partial charge in [-0.1, -0.05) is 18.2 Å². The normalized spacial score (nSPS) is 13.6. The Hall–Kier alpha value is -3.50. The van der Waals surface area contributed by atoms with E-state index in [-0.39, 0.29) is 22.6 Å². The Morgan fingerprint density at radius 1 is 1.06 bits per heavy atom. The first kappa shape index (κ1) is 23.3. The lowest BCUT2D eigenvalue weighted by molar-refractivity contribution is 0.0651. The molecule has 35 heavy (non-hydrogen) atoms. The number of carbonyl (C=O) groups excluding carboxylic acids is 1. The van der Waals surface area contributed by atoms with Gasteiger partial charge in [-0.3, -0.25) is 9.52 Å². The SMILES string of the molecule is Cc1cc(C(=O)N2CCC2)cc(S(=O)(=O)Nc2cc(-c3cc4ccccc4s3)c(F)cc2F)c1O. The van der Waals surface area contributed by atoms with Crippen LogP contribution in [0.1, 0.15) is 22.3 Å². The lowest BCUT2D eigenvalue weighted by Crippen LogP contribution is -2.42. The fraction of sp³-hybridized carbons (Fsp3) is 0.160. The van der Waals surface area contributed by atoms with Gasteiger partial charge < -0.3 is 10.0 Å². The van der Waals surface area contributed by atoms with Crippen LogP contribution >= 0.6 is 11.3 Å². The maximum atomic E-state index is 14.7. The van der Waals surface area contributed by atoms with Gasteiger partial charge in [0.2, 0.25) is 0 Å². The monoisotopic (exact) mass is 514 g/mol. The number of sulfonamides is 1. The van der Waals surface area contributed by atoms with Gasteiger partial charge in [-0.25, -0.2) is 17.2 Å². The van der Waals surface area contributed by atoms with Crippen LogP contribution in [0.2, 0.25) is 0 Å². The number of halogens is 2. The summed E-state index contributed by atoms with van der Waals surface area (Å²) in [5.41, 5.74) is -0.156. The summed E-state index contributed by atoms with van der Waals surface area (Å²) < 4.78 is 58.7. The molecule has 0 spiro atoms. The van der Waals surface area contributed by atoms with E-state index in [0.717, 1.165) is 28.6 Å². The van der Waals surface area contributed by atoms with Crippen molar-refractivity contribution in [2.75, 3.05) is 17.8 Å². The van der Waals surface area contributed by atoms with Gasteiger partial charge in [0.05, 0.1) is 5.69 Å². The molecule has 0 aliphatic carbocycles. The first-order chi connectivity index (χ1) is 16.6. The van der Waals surface area contributed by atoms with Gasteiger partial charge in [0, 0.05) is 39.9 Å². The predicted octanol–water partition coefficient (Wildman–Crippen LogP) is 5.51. The zero-order valence-electron chi connectivity index (χ0n) is 18.5. The van der Waals surface area contributed by atoms with Crippen LogP contribution in [-0.2, 0) is 10.0 Å². The predicted molar refractivity (Wildman–Crippen MR) is 131 cm³/mol. The molecule has 0 radical (unpaired) electrons. The molecule has 3 aromatic carbocycles. The molecule has 0 saturated carbocycles. The van der Waals surface area contributed by atoms with E-state index in [2.05, 4.69) is 4.72 Å². The van der Waals surface area contributed by atoms with Crippen LogP contribution in [0.25, 0.3) is 20.5 Å². The molecule has 0 unspecified atom stereocenters. The third-order valence-electron chi connectivity index (χ3n) is 5.94. The van der Waals surface area contributed by atoms with Crippen molar-refractivity contribution >= 4 is 43.0 Å². The summed E-state index contributed by atoms with van der Waals surface area (Å²) in [5, 5.41) is 11.3. The Labute approximate surface area is 204 Å². The Morgan fingerprint density at radius 2 is 1.80 bits per heavy atom. The van der Waals surface area contributed by atoms with E-state index in [1.165, 1.54) is 24.3 Å². The summed E-state index contributed by atoms with van der Waals surface area (Å²) in [7, 11) is -4.53. The maximum absolute atomic E-state index is 14.7. The van der Waals surface area contributed by atoms with Crippen molar-refractivity contribution in [3.05, 3.63) is 77.4 Å². The van der Waals surface area contributed by atoms with Crippen LogP contribution in [0.3, 0.4) is 0 Å². The van der Waals surface area contributed by atoms with Crippen molar-refractivity contribution in [1.82, 2.24) is 4.90 Å². The Morgan fingerprint density at radius 3 is 2.49 bits per heavy atom. The van der Waals surface area contributed by atoms with Crippen LogP contribution in [0.15, 0.2) is 59.5 Å². The second kappa shape index (κ2) is 8.62. The summed E-state index contributed by atoms with van der Waals surface area (Å²) in [5.74, 6) is -2.85. The van der Waals surface area contributed by atoms with E-state index in [1.54, 1.807) is 11.0 Å². The largest absolute Gasteiger partial charge is 0.506 e. The van der Waals surface area contributed by atoms with Crippen molar-refractivity contribution in [2.45, 2.75) is 18.2 Å². The number of aryl methyl sites for hydroxylation is 1. The van der Waals surface area contributed by atoms with Crippen molar-refractivity contribution in [3.63, 3.8) is 0 Å². The number of aromatic hydroxyl groups is 1. The fourth-order valence-corrected chi connectivity index (χ4v) is 6.24. The molecule has 1 aromatic heterocycles. The number of benzene rings is 3. The third kappa shape index (κ3) is 4.23. The number of nitrogens with zero attached hydrogens (tertiary/aromatic N) is 1. The number of carbonyl (C=O) groups is 1. The molecule has 5 rings (SSSR count). The molecular weight excluding hydrogens is 494 g/mol. The summed E-state index contributed by atoms with van der Waals surface area (Å²) in [6, 6.07) is 13.3. The van der Waals surface area contributed by atoms with E-state index in [4.69, 9.17) is 0 Å². The summed E-state index contributed by atoms with van der Waals surface area (Å²) in [4.78, 5) is 14.1. The highest BCUT2D eigenvalue weighted by Gasteiger charge is 2.28. The fourth-order valence-electron chi connectivity index (χ4n) is 3.91. The molecule has 4 aromatic rings. The van der Waals surface area contributed by atoms with E-state index < -0.39 is 38.0 Å². The molecule has 1 saturated heterocycles. The molecular formula is C25H20F2N2O4S2. The van der Waals surface area contributed by atoms with Gasteiger partial charge in [0.1, 0.15) is 22.3 Å². The molecule has 0 atom stereocenters. The molecule has 10 heteroatoms. The number of hydrogen-bond donors (Lipinski definition) is 2. The van der Waals surface area contributed by atoms with Gasteiger partial charge in [0.15, 0.2) is 0 Å². The second-order valence-corrected chi connectivity index (χ2v) is 11.1. The maximum Gasteiger partial charge on any atom is 0.265 e. The van der Waals surface area contributed by atoms with Crippen LogP contribution in [0.5, 0.6) is 5.75 Å². The minimum atomic E-state index is -4.53. The van der Waals surface area contributed by atoms with E-state index in [1.807, 2.05) is 24.3 Å². The topological polar surface area (TPSA) is 86.7 Å². The van der Waals surface area contributed by atoms with Crippen LogP contribution in [0, 0.1) is 18.6 Å². The molecule has 180 valence electrons. The molecule has 1 fully saturated rings. The Kier molecular flexibility index (Phi) is 5.72. The smallest absolute Gasteiger partial charge is 0.265 e. The number of fused-ring (bicyclic) bond motifs is 1. The number of anilines is 1. The molecule has 1 amide bonds. The number of hydrogen-bond acceptors (Lipinski definition) is 5. The van der Waals surface area contributed by atoms with E-state index >= 15 is 0 Å². The molecule has 0 bridgehead atoms. The number of phenols is 1. The highest BCUT2D eigenvalue weighted by Crippen LogP contribution is 2.38. The highest BCUT2D eigenvalue weighted by atomic mass is 32.2. The average Bonchev–Trinajstić information content (AvgIpc) is 3.20. The summed E-state index contributed by atoms with van der Waals surface area (Å²) in [6.45, 7) is 2.61. The summed E-state index contributed by atoms with van der Waals surface area (Å²) in [6.07, 6.45) is 0.863. The minimum Gasteiger partial charge on any atom is -0.506 e. The first-order valence-corrected chi connectivity index (χ1v) is 13.1. The van der Waals surface area contributed by atoms with Gasteiger partial charge in [0.25, 0.3) is 15.9 Å². The average molecular weight is 515 g/mol. The van der Waals surface area contributed by atoms with Gasteiger partial charge in [-0.15, -0.1) is 11.3 Å². The Bertz CT molecular complexity index is 1560. The molecule has 6 nitrogen and oxygen atoms in total. The van der Waals surface area contributed by atoms with Crippen LogP contribution < -0.4 is 4.72 Å². The second-order valence-electron chi connectivity index (χ2n) is 8.35. The Balaban J connectivity index is 1.54. The number of likely N-dealkylation sites (tertiary alicyclic amines) is 1. The zero-order chi connectivity index (χ0) is 24.9.